The van der Waals surface area contributed by atoms with Crippen molar-refractivity contribution in [2.24, 2.45) is 0 Å². The molecule has 1 aromatic carbocycles. The van der Waals surface area contributed by atoms with Gasteiger partial charge >= 0.3 is 0 Å². The molecule has 59 valence electrons. The molecule has 0 fully saturated rings. The Labute approximate surface area is 76.8 Å². The van der Waals surface area contributed by atoms with Crippen LogP contribution in [0.2, 0.25) is 0 Å². The SMILES string of the molecule is CCC(C)(Br)c1[c]cccc1. The Hall–Kier alpha value is -0.300. The molecule has 0 nitrogen and oxygen atoms in total. The van der Waals surface area contributed by atoms with Crippen molar-refractivity contribution in [3.8, 4) is 0 Å². The predicted molar refractivity (Wildman–Crippen MR) is 51.8 cm³/mol. The summed E-state index contributed by atoms with van der Waals surface area (Å²) in [5, 5.41) is 0. The van der Waals surface area contributed by atoms with Gasteiger partial charge in [0.1, 0.15) is 0 Å². The highest BCUT2D eigenvalue weighted by Gasteiger charge is 2.19. The minimum atomic E-state index is 0.0915. The zero-order chi connectivity index (χ0) is 8.32. The van der Waals surface area contributed by atoms with Crippen LogP contribution in [0.4, 0.5) is 0 Å². The van der Waals surface area contributed by atoms with Gasteiger partial charge < -0.3 is 0 Å². The molecule has 1 heteroatoms. The lowest BCUT2D eigenvalue weighted by atomic mass is 9.99. The minimum Gasteiger partial charge on any atom is -0.0804 e. The van der Waals surface area contributed by atoms with Gasteiger partial charge in [0.25, 0.3) is 0 Å². The molecule has 0 heterocycles. The number of hydrogen-bond donors (Lipinski definition) is 0. The number of alkyl halides is 1. The molecule has 0 aliphatic carbocycles. The zero-order valence-corrected chi connectivity index (χ0v) is 8.48. The van der Waals surface area contributed by atoms with E-state index in [1.807, 2.05) is 18.2 Å². The Morgan fingerprint density at radius 1 is 1.55 bits per heavy atom. The van der Waals surface area contributed by atoms with Crippen LogP contribution in [0.3, 0.4) is 0 Å². The second-order valence-corrected chi connectivity index (χ2v) is 4.58. The summed E-state index contributed by atoms with van der Waals surface area (Å²) in [5.74, 6) is 0. The summed E-state index contributed by atoms with van der Waals surface area (Å²) >= 11 is 3.66. The van der Waals surface area contributed by atoms with Crippen LogP contribution in [0.25, 0.3) is 0 Å². The van der Waals surface area contributed by atoms with E-state index in [0.29, 0.717) is 0 Å². The third kappa shape index (κ3) is 2.06. The van der Waals surface area contributed by atoms with E-state index in [0.717, 1.165) is 6.42 Å². The van der Waals surface area contributed by atoms with Crippen molar-refractivity contribution < 1.29 is 0 Å². The standard InChI is InChI=1S/C10H12Br/c1-3-10(2,11)9-7-5-4-6-8-9/h4-7H,3H2,1-2H3. The van der Waals surface area contributed by atoms with E-state index in [1.54, 1.807) is 0 Å². The molecule has 0 spiro atoms. The summed E-state index contributed by atoms with van der Waals surface area (Å²) < 4.78 is 0.0915. The molecule has 1 unspecified atom stereocenters. The summed E-state index contributed by atoms with van der Waals surface area (Å²) in [6.07, 6.45) is 1.08. The van der Waals surface area contributed by atoms with Gasteiger partial charge in [-0.2, -0.15) is 0 Å². The normalized spacial score (nSPS) is 15.9. The van der Waals surface area contributed by atoms with E-state index in [4.69, 9.17) is 0 Å². The molecule has 0 bridgehead atoms. The molecule has 0 amide bonds. The van der Waals surface area contributed by atoms with Crippen LogP contribution in [0.15, 0.2) is 24.3 Å². The molecule has 0 saturated carbocycles. The first-order valence-corrected chi connectivity index (χ1v) is 4.62. The van der Waals surface area contributed by atoms with E-state index in [-0.39, 0.29) is 4.32 Å². The van der Waals surface area contributed by atoms with Crippen molar-refractivity contribution in [3.05, 3.63) is 35.9 Å². The third-order valence-corrected chi connectivity index (χ3v) is 2.92. The van der Waals surface area contributed by atoms with Crippen LogP contribution in [0, 0.1) is 6.07 Å². The Kier molecular flexibility index (Phi) is 2.72. The highest BCUT2D eigenvalue weighted by Crippen LogP contribution is 2.33. The zero-order valence-electron chi connectivity index (χ0n) is 6.89. The fourth-order valence-corrected chi connectivity index (χ4v) is 1.15. The average Bonchev–Trinajstić information content (AvgIpc) is 2.06. The van der Waals surface area contributed by atoms with Gasteiger partial charge in [-0.05, 0) is 25.0 Å². The van der Waals surface area contributed by atoms with Crippen molar-refractivity contribution in [2.75, 3.05) is 0 Å². The molecule has 1 atom stereocenters. The first-order valence-electron chi connectivity index (χ1n) is 3.83. The summed E-state index contributed by atoms with van der Waals surface area (Å²) in [4.78, 5) is 0. The lowest BCUT2D eigenvalue weighted by Gasteiger charge is -2.19. The van der Waals surface area contributed by atoms with Gasteiger partial charge in [0.05, 0.1) is 0 Å². The summed E-state index contributed by atoms with van der Waals surface area (Å²) in [6.45, 7) is 4.33. The topological polar surface area (TPSA) is 0 Å². The molecule has 0 aliphatic heterocycles. The largest absolute Gasteiger partial charge is 0.0804 e. The smallest absolute Gasteiger partial charge is 0.0481 e. The van der Waals surface area contributed by atoms with Gasteiger partial charge in [0, 0.05) is 4.32 Å². The first-order chi connectivity index (χ1) is 5.17. The Morgan fingerprint density at radius 2 is 2.27 bits per heavy atom. The molecule has 1 radical (unpaired) electrons. The van der Waals surface area contributed by atoms with Crippen molar-refractivity contribution >= 4 is 15.9 Å². The fourth-order valence-electron chi connectivity index (χ4n) is 0.908. The van der Waals surface area contributed by atoms with Gasteiger partial charge in [-0.25, -0.2) is 0 Å². The number of rotatable bonds is 2. The molecule has 0 N–H and O–H groups in total. The van der Waals surface area contributed by atoms with Crippen molar-refractivity contribution in [1.29, 1.82) is 0 Å². The predicted octanol–water partition coefficient (Wildman–Crippen LogP) is 3.51. The Balaban J connectivity index is 2.93. The lowest BCUT2D eigenvalue weighted by molar-refractivity contribution is 0.680. The molecule has 11 heavy (non-hydrogen) atoms. The lowest BCUT2D eigenvalue weighted by Crippen LogP contribution is -2.10. The van der Waals surface area contributed by atoms with Crippen molar-refractivity contribution in [1.82, 2.24) is 0 Å². The Morgan fingerprint density at radius 3 is 2.73 bits per heavy atom. The fraction of sp³-hybridized carbons (Fsp3) is 0.400. The van der Waals surface area contributed by atoms with Crippen LogP contribution in [-0.2, 0) is 4.32 Å². The summed E-state index contributed by atoms with van der Waals surface area (Å²) in [5.41, 5.74) is 1.22. The Bertz CT molecular complexity index is 214. The van der Waals surface area contributed by atoms with Gasteiger partial charge in [0.2, 0.25) is 0 Å². The maximum atomic E-state index is 3.66. The van der Waals surface area contributed by atoms with Gasteiger partial charge in [-0.15, -0.1) is 0 Å². The summed E-state index contributed by atoms with van der Waals surface area (Å²) in [7, 11) is 0. The van der Waals surface area contributed by atoms with Crippen LogP contribution in [0.5, 0.6) is 0 Å². The molecular weight excluding hydrogens is 200 g/mol. The van der Waals surface area contributed by atoms with Crippen LogP contribution < -0.4 is 0 Å². The number of halogens is 1. The average molecular weight is 212 g/mol. The van der Waals surface area contributed by atoms with Crippen LogP contribution in [0.1, 0.15) is 25.8 Å². The minimum absolute atomic E-state index is 0.0915. The molecule has 0 aromatic heterocycles. The molecule has 1 rings (SSSR count). The van der Waals surface area contributed by atoms with Crippen molar-refractivity contribution in [2.45, 2.75) is 24.6 Å². The second kappa shape index (κ2) is 3.40. The monoisotopic (exact) mass is 211 g/mol. The van der Waals surface area contributed by atoms with Crippen LogP contribution >= 0.6 is 15.9 Å². The number of hydrogen-bond acceptors (Lipinski definition) is 0. The first kappa shape index (κ1) is 8.79. The molecule has 1 aromatic rings. The van der Waals surface area contributed by atoms with E-state index >= 15 is 0 Å². The molecule has 0 saturated heterocycles. The molecule has 0 aliphatic rings. The quantitative estimate of drug-likeness (QED) is 0.658. The second-order valence-electron chi connectivity index (χ2n) is 2.83. The third-order valence-electron chi connectivity index (χ3n) is 1.93. The maximum Gasteiger partial charge on any atom is 0.0481 e. The van der Waals surface area contributed by atoms with E-state index < -0.39 is 0 Å². The highest BCUT2D eigenvalue weighted by molar-refractivity contribution is 9.09. The highest BCUT2D eigenvalue weighted by atomic mass is 79.9. The molecular formula is C10H12Br. The van der Waals surface area contributed by atoms with E-state index in [1.165, 1.54) is 5.56 Å². The van der Waals surface area contributed by atoms with Crippen molar-refractivity contribution in [3.63, 3.8) is 0 Å². The summed E-state index contributed by atoms with van der Waals surface area (Å²) in [6, 6.07) is 11.3. The van der Waals surface area contributed by atoms with Crippen LogP contribution in [-0.4, -0.2) is 0 Å². The van der Waals surface area contributed by atoms with E-state index in [2.05, 4.69) is 41.9 Å². The van der Waals surface area contributed by atoms with Gasteiger partial charge in [-0.3, -0.25) is 0 Å². The number of benzene rings is 1. The van der Waals surface area contributed by atoms with Gasteiger partial charge in [0.15, 0.2) is 0 Å². The maximum absolute atomic E-state index is 3.66. The van der Waals surface area contributed by atoms with Gasteiger partial charge in [-0.1, -0.05) is 47.1 Å². The van der Waals surface area contributed by atoms with E-state index in [9.17, 15) is 0 Å².